The first-order valence-corrected chi connectivity index (χ1v) is 12.6. The Kier molecular flexibility index (Phi) is 10.9. The van der Waals surface area contributed by atoms with Crippen molar-refractivity contribution in [2.75, 3.05) is 6.54 Å². The lowest BCUT2D eigenvalue weighted by atomic mass is 9.95. The average molecular weight is 517 g/mol. The summed E-state index contributed by atoms with van der Waals surface area (Å²) < 4.78 is 5.37. The van der Waals surface area contributed by atoms with E-state index >= 15 is 0 Å². The molecule has 2 aromatic carbocycles. The van der Waals surface area contributed by atoms with Crippen LogP contribution in [-0.2, 0) is 20.9 Å². The second kappa shape index (κ2) is 13.9. The number of nitrogens with zero attached hydrogens (tertiary/aromatic N) is 2. The standard InChI is InChI=1S/C30H36N4O4/c1-7-21(3)25(33-29(37)38-30(4,5)6)28(36)34(19-18-31)26(24-16-14-22(8-2)15-17-24)27(35)32-20-23-12-10-9-11-13-23/h2,9-17,21,25-26H,7,19-20H2,1,3-6H3,(H,32,35)(H,33,37). The van der Waals surface area contributed by atoms with Gasteiger partial charge in [-0.3, -0.25) is 9.59 Å². The molecule has 0 saturated heterocycles. The zero-order valence-corrected chi connectivity index (χ0v) is 22.7. The molecule has 2 N–H and O–H groups in total. The summed E-state index contributed by atoms with van der Waals surface area (Å²) >= 11 is 0. The minimum atomic E-state index is -1.13. The molecule has 0 saturated carbocycles. The number of nitriles is 1. The number of hydrogen-bond acceptors (Lipinski definition) is 5. The molecule has 2 rings (SSSR count). The smallest absolute Gasteiger partial charge is 0.408 e. The van der Waals surface area contributed by atoms with Gasteiger partial charge in [0.25, 0.3) is 0 Å². The van der Waals surface area contributed by atoms with E-state index in [9.17, 15) is 19.6 Å². The van der Waals surface area contributed by atoms with E-state index in [1.807, 2.05) is 50.2 Å². The van der Waals surface area contributed by atoms with Crippen LogP contribution in [0, 0.1) is 29.6 Å². The van der Waals surface area contributed by atoms with Gasteiger partial charge in [-0.25, -0.2) is 4.79 Å². The minimum Gasteiger partial charge on any atom is -0.444 e. The fourth-order valence-electron chi connectivity index (χ4n) is 3.79. The quantitative estimate of drug-likeness (QED) is 0.361. The first-order valence-electron chi connectivity index (χ1n) is 12.6. The Hall–Kier alpha value is -4.30. The highest BCUT2D eigenvalue weighted by molar-refractivity contribution is 5.92. The van der Waals surface area contributed by atoms with Crippen molar-refractivity contribution < 1.29 is 19.1 Å². The van der Waals surface area contributed by atoms with Crippen LogP contribution >= 0.6 is 0 Å². The second-order valence-electron chi connectivity index (χ2n) is 10.0. The fraction of sp³-hybridized carbons (Fsp3) is 0.400. The van der Waals surface area contributed by atoms with E-state index in [0.717, 1.165) is 5.56 Å². The summed E-state index contributed by atoms with van der Waals surface area (Å²) in [5, 5.41) is 15.2. The van der Waals surface area contributed by atoms with Crippen molar-refractivity contribution in [2.45, 2.75) is 65.3 Å². The van der Waals surface area contributed by atoms with Gasteiger partial charge in [0.15, 0.2) is 0 Å². The summed E-state index contributed by atoms with van der Waals surface area (Å²) in [7, 11) is 0. The Bertz CT molecular complexity index is 1170. The van der Waals surface area contributed by atoms with Gasteiger partial charge in [-0.15, -0.1) is 6.42 Å². The van der Waals surface area contributed by atoms with E-state index in [-0.39, 0.29) is 19.0 Å². The van der Waals surface area contributed by atoms with Crippen molar-refractivity contribution in [1.29, 1.82) is 5.26 Å². The third-order valence-corrected chi connectivity index (χ3v) is 5.94. The molecule has 8 nitrogen and oxygen atoms in total. The first-order chi connectivity index (χ1) is 18.0. The zero-order valence-electron chi connectivity index (χ0n) is 22.7. The van der Waals surface area contributed by atoms with Crippen LogP contribution in [0.15, 0.2) is 54.6 Å². The van der Waals surface area contributed by atoms with Crippen LogP contribution in [-0.4, -0.2) is 41.0 Å². The predicted octanol–water partition coefficient (Wildman–Crippen LogP) is 4.32. The molecule has 3 amide bonds. The molecule has 200 valence electrons. The number of nitrogens with one attached hydrogen (secondary N) is 2. The van der Waals surface area contributed by atoms with Gasteiger partial charge in [0.1, 0.15) is 24.2 Å². The molecule has 0 fully saturated rings. The van der Waals surface area contributed by atoms with E-state index in [1.54, 1.807) is 45.0 Å². The van der Waals surface area contributed by atoms with Crippen molar-refractivity contribution in [2.24, 2.45) is 5.92 Å². The summed E-state index contributed by atoms with van der Waals surface area (Å²) in [5.74, 6) is 1.21. The summed E-state index contributed by atoms with van der Waals surface area (Å²) in [6, 6.07) is 15.9. The third kappa shape index (κ3) is 8.67. The van der Waals surface area contributed by atoms with Crippen LogP contribution in [0.25, 0.3) is 0 Å². The SMILES string of the molecule is C#Cc1ccc(C(C(=O)NCc2ccccc2)N(CC#N)C(=O)C(NC(=O)OC(C)(C)C)C(C)CC)cc1. The maximum Gasteiger partial charge on any atom is 0.408 e. The number of carbonyl (C=O) groups is 3. The Morgan fingerprint density at radius 3 is 2.24 bits per heavy atom. The van der Waals surface area contributed by atoms with Crippen LogP contribution in [0.4, 0.5) is 4.79 Å². The van der Waals surface area contributed by atoms with Crippen LogP contribution in [0.2, 0.25) is 0 Å². The molecule has 3 atom stereocenters. The van der Waals surface area contributed by atoms with Crippen molar-refractivity contribution in [3.63, 3.8) is 0 Å². The molecule has 0 bridgehead atoms. The molecule has 0 aliphatic heterocycles. The minimum absolute atomic E-state index is 0.234. The van der Waals surface area contributed by atoms with Crippen molar-refractivity contribution in [1.82, 2.24) is 15.5 Å². The number of amides is 3. The van der Waals surface area contributed by atoms with Gasteiger partial charge in [-0.1, -0.05) is 68.7 Å². The molecule has 3 unspecified atom stereocenters. The van der Waals surface area contributed by atoms with Gasteiger partial charge in [0.2, 0.25) is 11.8 Å². The number of benzene rings is 2. The maximum absolute atomic E-state index is 13.9. The van der Waals surface area contributed by atoms with Crippen molar-refractivity contribution in [3.05, 3.63) is 71.3 Å². The van der Waals surface area contributed by atoms with E-state index in [1.165, 1.54) is 4.90 Å². The van der Waals surface area contributed by atoms with E-state index in [2.05, 4.69) is 16.6 Å². The predicted molar refractivity (Wildman–Crippen MR) is 145 cm³/mol. The van der Waals surface area contributed by atoms with Gasteiger partial charge in [0.05, 0.1) is 6.07 Å². The van der Waals surface area contributed by atoms with E-state index < -0.39 is 35.6 Å². The molecular formula is C30H36N4O4. The molecule has 0 heterocycles. The first kappa shape index (κ1) is 29.9. The van der Waals surface area contributed by atoms with Crippen molar-refractivity contribution >= 4 is 17.9 Å². The number of ether oxygens (including phenoxy) is 1. The van der Waals surface area contributed by atoms with Gasteiger partial charge >= 0.3 is 6.09 Å². The van der Waals surface area contributed by atoms with E-state index in [0.29, 0.717) is 17.5 Å². The molecular weight excluding hydrogens is 480 g/mol. The lowest BCUT2D eigenvalue weighted by Crippen LogP contribution is -2.55. The van der Waals surface area contributed by atoms with E-state index in [4.69, 9.17) is 11.2 Å². The average Bonchev–Trinajstić information content (AvgIpc) is 2.89. The number of alkyl carbamates (subject to hydrolysis) is 1. The lowest BCUT2D eigenvalue weighted by molar-refractivity contribution is -0.142. The molecule has 0 aromatic heterocycles. The summed E-state index contributed by atoms with van der Waals surface area (Å²) in [6.07, 6.45) is 5.30. The molecule has 0 radical (unpaired) electrons. The Balaban J connectivity index is 2.47. The molecule has 8 heteroatoms. The number of hydrogen-bond donors (Lipinski definition) is 2. The highest BCUT2D eigenvalue weighted by Crippen LogP contribution is 2.25. The number of rotatable bonds is 10. The lowest BCUT2D eigenvalue weighted by Gasteiger charge is -2.34. The molecule has 38 heavy (non-hydrogen) atoms. The van der Waals surface area contributed by atoms with Gasteiger partial charge in [-0.05, 0) is 49.9 Å². The highest BCUT2D eigenvalue weighted by Gasteiger charge is 2.38. The topological polar surface area (TPSA) is 112 Å². The maximum atomic E-state index is 13.9. The highest BCUT2D eigenvalue weighted by atomic mass is 16.6. The van der Waals surface area contributed by atoms with Crippen LogP contribution in [0.3, 0.4) is 0 Å². The van der Waals surface area contributed by atoms with Gasteiger partial charge in [-0.2, -0.15) is 5.26 Å². The normalized spacial score (nSPS) is 13.1. The second-order valence-corrected chi connectivity index (χ2v) is 10.0. The Morgan fingerprint density at radius 1 is 1.08 bits per heavy atom. The summed E-state index contributed by atoms with van der Waals surface area (Å²) in [4.78, 5) is 41.3. The zero-order chi connectivity index (χ0) is 28.3. The summed E-state index contributed by atoms with van der Waals surface area (Å²) in [6.45, 7) is 8.74. The summed E-state index contributed by atoms with van der Waals surface area (Å²) in [5.41, 5.74) is 1.21. The number of terminal acetylenes is 1. The Labute approximate surface area is 225 Å². The van der Waals surface area contributed by atoms with Gasteiger partial charge in [0, 0.05) is 12.1 Å². The fourth-order valence-corrected chi connectivity index (χ4v) is 3.79. The largest absolute Gasteiger partial charge is 0.444 e. The van der Waals surface area contributed by atoms with Gasteiger partial charge < -0.3 is 20.3 Å². The van der Waals surface area contributed by atoms with Crippen LogP contribution in [0.1, 0.15) is 63.8 Å². The Morgan fingerprint density at radius 2 is 1.71 bits per heavy atom. The van der Waals surface area contributed by atoms with Crippen molar-refractivity contribution in [3.8, 4) is 18.4 Å². The molecule has 0 spiro atoms. The number of carbonyl (C=O) groups excluding carboxylic acids is 3. The third-order valence-electron chi connectivity index (χ3n) is 5.94. The molecule has 0 aliphatic rings. The monoisotopic (exact) mass is 516 g/mol. The molecule has 0 aliphatic carbocycles. The van der Waals surface area contributed by atoms with Crippen LogP contribution < -0.4 is 10.6 Å². The molecule has 2 aromatic rings. The van der Waals surface area contributed by atoms with Crippen LogP contribution in [0.5, 0.6) is 0 Å².